The van der Waals surface area contributed by atoms with Gasteiger partial charge in [0.1, 0.15) is 11.4 Å². The summed E-state index contributed by atoms with van der Waals surface area (Å²) in [4.78, 5) is 3.94. The second kappa shape index (κ2) is 5.97. The fourth-order valence-corrected chi connectivity index (χ4v) is 2.84. The van der Waals surface area contributed by atoms with E-state index in [2.05, 4.69) is 10.1 Å². The van der Waals surface area contributed by atoms with Crippen molar-refractivity contribution in [1.29, 1.82) is 5.26 Å². The molecule has 0 spiro atoms. The van der Waals surface area contributed by atoms with E-state index >= 15 is 0 Å². The van der Waals surface area contributed by atoms with Crippen molar-refractivity contribution in [1.82, 2.24) is 5.01 Å². The predicted octanol–water partition coefficient (Wildman–Crippen LogP) is 2.57. The third-order valence-electron chi connectivity index (χ3n) is 4.16. The average molecular weight is 389 g/mol. The minimum absolute atomic E-state index is 0.00446. The lowest BCUT2D eigenvalue weighted by Gasteiger charge is -2.12. The third kappa shape index (κ3) is 3.20. The summed E-state index contributed by atoms with van der Waals surface area (Å²) in [6.45, 7) is 0. The Balaban J connectivity index is 2.05. The molecule has 142 valence electrons. The van der Waals surface area contributed by atoms with Crippen LogP contribution < -0.4 is 5.73 Å². The molecule has 2 aliphatic heterocycles. The molecular weight excluding hydrogens is 378 g/mol. The van der Waals surface area contributed by atoms with E-state index in [-0.39, 0.29) is 17.5 Å². The zero-order valence-electron chi connectivity index (χ0n) is 13.6. The summed E-state index contributed by atoms with van der Waals surface area (Å²) in [5.74, 6) is -0.265. The molecule has 0 bridgehead atoms. The Morgan fingerprint density at radius 3 is 2.44 bits per heavy atom. The first-order chi connectivity index (χ1) is 12.4. The normalized spacial score (nSPS) is 21.6. The van der Waals surface area contributed by atoms with Gasteiger partial charge in [0, 0.05) is 6.42 Å². The van der Waals surface area contributed by atoms with Gasteiger partial charge in [0.15, 0.2) is 6.04 Å². The molecule has 0 amide bonds. The number of aliphatic imine (C=N–C) groups is 1. The molecule has 1 aromatic carbocycles. The van der Waals surface area contributed by atoms with Crippen molar-refractivity contribution >= 4 is 23.2 Å². The topological polar surface area (TPSA) is 80.8 Å². The van der Waals surface area contributed by atoms with Crippen LogP contribution in [0, 0.1) is 11.3 Å². The number of hydrogen-bond donors (Lipinski definition) is 1. The minimum Gasteiger partial charge on any atom is -0.347 e. The number of fused-ring (bicyclic) bond motifs is 1. The van der Waals surface area contributed by atoms with Gasteiger partial charge in [0.25, 0.3) is 0 Å². The zero-order valence-corrected chi connectivity index (χ0v) is 13.6. The van der Waals surface area contributed by atoms with Crippen LogP contribution in [0.2, 0.25) is 0 Å². The number of rotatable bonds is 1. The Kier molecular flexibility index (Phi) is 4.13. The van der Waals surface area contributed by atoms with Crippen LogP contribution in [-0.2, 0) is 6.18 Å². The van der Waals surface area contributed by atoms with Crippen molar-refractivity contribution in [3.05, 3.63) is 29.3 Å². The number of guanidine groups is 1. The molecule has 2 aliphatic rings. The van der Waals surface area contributed by atoms with Gasteiger partial charge >= 0.3 is 24.1 Å². The number of hydrogen-bond acceptors (Lipinski definition) is 4. The first kappa shape index (κ1) is 18.7. The van der Waals surface area contributed by atoms with Crippen molar-refractivity contribution in [2.24, 2.45) is 15.8 Å². The zero-order chi connectivity index (χ0) is 20.1. The van der Waals surface area contributed by atoms with Crippen LogP contribution in [-0.4, -0.2) is 46.4 Å². The lowest BCUT2D eigenvalue weighted by Crippen LogP contribution is -2.36. The van der Waals surface area contributed by atoms with Crippen LogP contribution in [0.25, 0.3) is 0 Å². The van der Waals surface area contributed by atoms with Gasteiger partial charge in [-0.25, -0.2) is 4.58 Å². The summed E-state index contributed by atoms with van der Waals surface area (Å²) < 4.78 is 79.3. The van der Waals surface area contributed by atoms with Crippen LogP contribution in [0.15, 0.2) is 28.3 Å². The maximum Gasteiger partial charge on any atom is 0.431 e. The van der Waals surface area contributed by atoms with Gasteiger partial charge in [-0.3, -0.25) is 0 Å². The highest BCUT2D eigenvalue weighted by Gasteiger charge is 2.52. The first-order valence-corrected chi connectivity index (χ1v) is 7.43. The summed E-state index contributed by atoms with van der Waals surface area (Å²) in [7, 11) is 1.35. The number of amidine groups is 1. The van der Waals surface area contributed by atoms with E-state index in [4.69, 9.17) is 11.0 Å². The summed E-state index contributed by atoms with van der Waals surface area (Å²) in [6, 6.07) is 3.45. The highest BCUT2D eigenvalue weighted by molar-refractivity contribution is 6.08. The van der Waals surface area contributed by atoms with E-state index in [0.29, 0.717) is 0 Å². The van der Waals surface area contributed by atoms with Gasteiger partial charge < -0.3 is 5.73 Å². The van der Waals surface area contributed by atoms with E-state index in [1.807, 2.05) is 0 Å². The minimum atomic E-state index is -4.77. The first-order valence-electron chi connectivity index (χ1n) is 7.43. The van der Waals surface area contributed by atoms with Gasteiger partial charge in [0.2, 0.25) is 0 Å². The number of alkyl halides is 6. The maximum atomic E-state index is 13.1. The molecule has 0 fully saturated rings. The number of nitrogens with zero attached hydrogens (tertiary/aromatic N) is 5. The third-order valence-corrected chi connectivity index (χ3v) is 4.16. The van der Waals surface area contributed by atoms with E-state index in [1.165, 1.54) is 23.8 Å². The Morgan fingerprint density at radius 2 is 1.89 bits per heavy atom. The van der Waals surface area contributed by atoms with Crippen LogP contribution in [0.5, 0.6) is 0 Å². The van der Waals surface area contributed by atoms with Crippen molar-refractivity contribution < 1.29 is 30.9 Å². The standard InChI is InChI=1S/C15H10F6N6/c1-26(8-3-2-7(6-22)9(4-8)14(16,17)18)12-10-5-11(15(19,20)21)25-27(10)13(23)24-12/h2-4,10,23H,5H2,1H3/p+1/t10-/m1/s1. The molecule has 12 heteroatoms. The molecule has 2 heterocycles. The number of halogens is 6. The SMILES string of the molecule is C[N+](=C1N=C(N)N2N=C(C(F)(F)F)C[C@H]12)c1ccc(C#N)c(C(F)(F)F)c1. The molecule has 1 aromatic rings. The van der Waals surface area contributed by atoms with Gasteiger partial charge in [-0.05, 0) is 23.2 Å². The smallest absolute Gasteiger partial charge is 0.347 e. The van der Waals surface area contributed by atoms with E-state index in [0.717, 1.165) is 17.1 Å². The largest absolute Gasteiger partial charge is 0.431 e. The van der Waals surface area contributed by atoms with Crippen LogP contribution in [0.1, 0.15) is 17.5 Å². The monoisotopic (exact) mass is 389 g/mol. The second-order valence-corrected chi connectivity index (χ2v) is 5.84. The molecule has 0 aliphatic carbocycles. The molecule has 27 heavy (non-hydrogen) atoms. The number of benzene rings is 1. The van der Waals surface area contributed by atoms with Crippen molar-refractivity contribution in [3.8, 4) is 6.07 Å². The van der Waals surface area contributed by atoms with Gasteiger partial charge in [-0.15, -0.1) is 0 Å². The highest BCUT2D eigenvalue weighted by Crippen LogP contribution is 2.35. The fraction of sp³-hybridized carbons (Fsp3) is 0.333. The lowest BCUT2D eigenvalue weighted by molar-refractivity contribution is -0.408. The molecular formula is C15H11F6N6+. The molecule has 0 saturated heterocycles. The summed E-state index contributed by atoms with van der Waals surface area (Å²) in [6.07, 6.45) is -9.95. The van der Waals surface area contributed by atoms with Crippen LogP contribution in [0.4, 0.5) is 32.0 Å². The number of nitrogens with two attached hydrogens (primary N) is 1. The van der Waals surface area contributed by atoms with Crippen LogP contribution >= 0.6 is 0 Å². The van der Waals surface area contributed by atoms with Gasteiger partial charge in [0.05, 0.1) is 24.2 Å². The number of hydrazone groups is 1. The van der Waals surface area contributed by atoms with Crippen molar-refractivity contribution in [2.45, 2.75) is 24.8 Å². The Hall–Kier alpha value is -3.10. The summed E-state index contributed by atoms with van der Waals surface area (Å²) >= 11 is 0. The van der Waals surface area contributed by atoms with E-state index in [1.54, 1.807) is 0 Å². The maximum absolute atomic E-state index is 13.1. The van der Waals surface area contributed by atoms with Crippen molar-refractivity contribution in [2.75, 3.05) is 7.05 Å². The Morgan fingerprint density at radius 1 is 1.22 bits per heavy atom. The molecule has 1 atom stereocenters. The molecule has 6 nitrogen and oxygen atoms in total. The predicted molar refractivity (Wildman–Crippen MR) is 82.4 cm³/mol. The van der Waals surface area contributed by atoms with E-state index < -0.39 is 41.7 Å². The highest BCUT2D eigenvalue weighted by atomic mass is 19.4. The molecule has 3 rings (SSSR count). The molecule has 0 saturated carbocycles. The van der Waals surface area contributed by atoms with Crippen molar-refractivity contribution in [3.63, 3.8) is 0 Å². The van der Waals surface area contributed by atoms with Gasteiger partial charge in [-0.2, -0.15) is 41.7 Å². The molecule has 0 unspecified atom stereocenters. The molecule has 0 radical (unpaired) electrons. The van der Waals surface area contributed by atoms with Gasteiger partial charge in [-0.1, -0.05) is 0 Å². The number of nitriles is 1. The van der Waals surface area contributed by atoms with Crippen LogP contribution in [0.3, 0.4) is 0 Å². The lowest BCUT2D eigenvalue weighted by atomic mass is 10.1. The fourth-order valence-electron chi connectivity index (χ4n) is 2.84. The quantitative estimate of drug-likeness (QED) is 0.592. The molecule has 0 aromatic heterocycles. The summed E-state index contributed by atoms with van der Waals surface area (Å²) in [5, 5.41) is 13.2. The molecule has 2 N–H and O–H groups in total. The second-order valence-electron chi connectivity index (χ2n) is 5.84. The summed E-state index contributed by atoms with van der Waals surface area (Å²) in [5.41, 5.74) is 2.84. The van der Waals surface area contributed by atoms with E-state index in [9.17, 15) is 26.3 Å². The Bertz CT molecular complexity index is 934. The Labute approximate surface area is 148 Å². The average Bonchev–Trinajstić information content (AvgIpc) is 3.13.